The van der Waals surface area contributed by atoms with Gasteiger partial charge in [-0.25, -0.2) is 0 Å². The Kier molecular flexibility index (Phi) is 5.94. The molecule has 0 saturated carbocycles. The Bertz CT molecular complexity index is 1220. The summed E-state index contributed by atoms with van der Waals surface area (Å²) in [7, 11) is 0. The van der Waals surface area contributed by atoms with Crippen molar-refractivity contribution in [3.05, 3.63) is 88.2 Å². The number of amides is 1. The number of nitrogens with two attached hydrogens (primary N) is 1. The number of rotatable bonds is 6. The summed E-state index contributed by atoms with van der Waals surface area (Å²) in [5, 5.41) is 0.660. The first-order valence-electron chi connectivity index (χ1n) is 10.7. The number of anilines is 1. The van der Waals surface area contributed by atoms with Crippen molar-refractivity contribution in [2.24, 2.45) is 5.73 Å². The summed E-state index contributed by atoms with van der Waals surface area (Å²) in [5.41, 5.74) is 11.1. The smallest absolute Gasteiger partial charge is 0.248 e. The van der Waals surface area contributed by atoms with Crippen LogP contribution >= 0.6 is 11.6 Å². The van der Waals surface area contributed by atoms with Gasteiger partial charge in [0.15, 0.2) is 5.78 Å². The van der Waals surface area contributed by atoms with Crippen LogP contribution in [-0.4, -0.2) is 29.3 Å². The number of aromatic nitrogens is 1. The van der Waals surface area contributed by atoms with Gasteiger partial charge in [0.2, 0.25) is 5.91 Å². The van der Waals surface area contributed by atoms with Crippen LogP contribution < -0.4 is 10.6 Å². The minimum absolute atomic E-state index is 0.107. The van der Waals surface area contributed by atoms with Gasteiger partial charge in [0.05, 0.1) is 0 Å². The lowest BCUT2D eigenvalue weighted by atomic mass is 9.96. The molecule has 1 aromatic heterocycles. The molecular formula is C26H26ClN3O2. The molecule has 0 unspecified atom stereocenters. The van der Waals surface area contributed by atoms with Crippen LogP contribution in [-0.2, 0) is 4.79 Å². The predicted molar refractivity (Wildman–Crippen MR) is 130 cm³/mol. The fourth-order valence-corrected chi connectivity index (χ4v) is 4.55. The second-order valence-electron chi connectivity index (χ2n) is 8.19. The number of aryl methyl sites for hydroxylation is 1. The molecule has 1 aliphatic heterocycles. The van der Waals surface area contributed by atoms with E-state index in [1.54, 1.807) is 6.07 Å². The number of carbonyl (C=O) groups is 2. The van der Waals surface area contributed by atoms with Crippen LogP contribution in [0.15, 0.2) is 55.1 Å². The highest BCUT2D eigenvalue weighted by Gasteiger charge is 2.23. The molecule has 164 valence electrons. The summed E-state index contributed by atoms with van der Waals surface area (Å²) in [5.74, 6) is -0.694. The van der Waals surface area contributed by atoms with Crippen molar-refractivity contribution in [2.75, 3.05) is 18.0 Å². The molecule has 0 radical (unpaired) electrons. The van der Waals surface area contributed by atoms with Gasteiger partial charge in [-0.15, -0.1) is 0 Å². The van der Waals surface area contributed by atoms with E-state index in [2.05, 4.69) is 11.5 Å². The summed E-state index contributed by atoms with van der Waals surface area (Å²) in [6.45, 7) is 9.60. The molecule has 0 spiro atoms. The molecule has 1 fully saturated rings. The number of hydrogen-bond acceptors (Lipinski definition) is 3. The van der Waals surface area contributed by atoms with Crippen molar-refractivity contribution in [2.45, 2.75) is 26.7 Å². The molecule has 0 aliphatic carbocycles. The fraction of sp³-hybridized carbons (Fsp3) is 0.231. The molecule has 3 aromatic rings. The summed E-state index contributed by atoms with van der Waals surface area (Å²) < 4.78 is 2.03. The second kappa shape index (κ2) is 8.67. The number of nitrogens with zero attached hydrogens (tertiary/aromatic N) is 2. The molecule has 1 aliphatic rings. The Morgan fingerprint density at radius 3 is 2.25 bits per heavy atom. The van der Waals surface area contributed by atoms with Gasteiger partial charge in [-0.3, -0.25) is 9.59 Å². The molecule has 4 rings (SSSR count). The first-order chi connectivity index (χ1) is 15.3. The van der Waals surface area contributed by atoms with Gasteiger partial charge in [-0.05, 0) is 75.2 Å². The molecule has 1 saturated heterocycles. The third-order valence-electron chi connectivity index (χ3n) is 6.09. The molecule has 2 aromatic carbocycles. The third kappa shape index (κ3) is 3.96. The maximum absolute atomic E-state index is 13.5. The van der Waals surface area contributed by atoms with Crippen molar-refractivity contribution in [3.63, 3.8) is 0 Å². The first kappa shape index (κ1) is 21.9. The normalized spacial score (nSPS) is 13.4. The van der Waals surface area contributed by atoms with Gasteiger partial charge in [-0.2, -0.15) is 0 Å². The minimum Gasteiger partial charge on any atom is -0.371 e. The Morgan fingerprint density at radius 2 is 1.62 bits per heavy atom. The third-order valence-corrected chi connectivity index (χ3v) is 6.34. The van der Waals surface area contributed by atoms with Gasteiger partial charge in [0.25, 0.3) is 0 Å². The monoisotopic (exact) mass is 447 g/mol. The highest BCUT2D eigenvalue weighted by molar-refractivity contribution is 6.30. The van der Waals surface area contributed by atoms with E-state index in [1.165, 1.54) is 0 Å². The molecular weight excluding hydrogens is 422 g/mol. The topological polar surface area (TPSA) is 68.3 Å². The van der Waals surface area contributed by atoms with Gasteiger partial charge in [0, 0.05) is 63.1 Å². The summed E-state index contributed by atoms with van der Waals surface area (Å²) >= 11 is 6.03. The average Bonchev–Trinajstić information content (AvgIpc) is 3.41. The quantitative estimate of drug-likeness (QED) is 0.423. The summed E-state index contributed by atoms with van der Waals surface area (Å²) in [4.78, 5) is 27.6. The van der Waals surface area contributed by atoms with E-state index in [0.717, 1.165) is 48.7 Å². The van der Waals surface area contributed by atoms with Crippen LogP contribution in [0, 0.1) is 13.8 Å². The predicted octanol–water partition coefficient (Wildman–Crippen LogP) is 5.08. The summed E-state index contributed by atoms with van der Waals surface area (Å²) in [6.07, 6.45) is 2.19. The van der Waals surface area contributed by atoms with E-state index >= 15 is 0 Å². The van der Waals surface area contributed by atoms with Crippen molar-refractivity contribution in [1.29, 1.82) is 0 Å². The van der Waals surface area contributed by atoms with Crippen LogP contribution in [0.1, 0.15) is 45.7 Å². The molecule has 0 bridgehead atoms. The lowest BCUT2D eigenvalue weighted by Crippen LogP contribution is -2.21. The van der Waals surface area contributed by atoms with Gasteiger partial charge < -0.3 is 15.2 Å². The number of ketones is 1. The van der Waals surface area contributed by atoms with Crippen LogP contribution in [0.5, 0.6) is 0 Å². The van der Waals surface area contributed by atoms with E-state index in [0.29, 0.717) is 21.7 Å². The number of halogens is 1. The Balaban J connectivity index is 1.76. The van der Waals surface area contributed by atoms with E-state index in [9.17, 15) is 9.59 Å². The fourth-order valence-electron chi connectivity index (χ4n) is 4.42. The van der Waals surface area contributed by atoms with Crippen molar-refractivity contribution >= 4 is 34.6 Å². The van der Waals surface area contributed by atoms with E-state index in [1.807, 2.05) is 60.9 Å². The van der Waals surface area contributed by atoms with Crippen LogP contribution in [0.4, 0.5) is 5.69 Å². The van der Waals surface area contributed by atoms with Gasteiger partial charge in [-0.1, -0.05) is 18.2 Å². The van der Waals surface area contributed by atoms with Crippen LogP contribution in [0.2, 0.25) is 5.02 Å². The molecule has 32 heavy (non-hydrogen) atoms. The number of carbonyl (C=O) groups excluding carboxylic acids is 2. The van der Waals surface area contributed by atoms with Crippen molar-refractivity contribution in [1.82, 2.24) is 4.57 Å². The van der Waals surface area contributed by atoms with E-state index in [-0.39, 0.29) is 11.4 Å². The first-order valence-corrected chi connectivity index (χ1v) is 11.0. The second-order valence-corrected chi connectivity index (χ2v) is 8.63. The largest absolute Gasteiger partial charge is 0.371 e. The van der Waals surface area contributed by atoms with E-state index < -0.39 is 5.91 Å². The SMILES string of the molecule is C=C(C(N)=O)c1cc(C(=O)c2cc(C)n(-c3ccc(Cl)cc3)c2C)ccc1N1CCCC1. The highest BCUT2D eigenvalue weighted by atomic mass is 35.5. The van der Waals surface area contributed by atoms with Crippen LogP contribution in [0.25, 0.3) is 11.3 Å². The Labute approximate surface area is 193 Å². The number of primary amides is 1. The summed E-state index contributed by atoms with van der Waals surface area (Å²) in [6, 6.07) is 14.9. The molecule has 5 nitrogen and oxygen atoms in total. The molecule has 2 heterocycles. The lowest BCUT2D eigenvalue weighted by Gasteiger charge is -2.22. The zero-order valence-corrected chi connectivity index (χ0v) is 19.1. The lowest BCUT2D eigenvalue weighted by molar-refractivity contribution is -0.112. The van der Waals surface area contributed by atoms with Gasteiger partial charge in [0.1, 0.15) is 0 Å². The molecule has 6 heteroatoms. The van der Waals surface area contributed by atoms with Gasteiger partial charge >= 0.3 is 0 Å². The Hall–Kier alpha value is -3.31. The molecule has 0 atom stereocenters. The van der Waals surface area contributed by atoms with Crippen LogP contribution in [0.3, 0.4) is 0 Å². The standard InChI is InChI=1S/C26H26ClN3O2/c1-16-14-23(18(3)30(16)21-9-7-20(27)8-10-21)25(31)19-6-11-24(29-12-4-5-13-29)22(15-19)17(2)26(28)32/h6-11,14-15H,2,4-5,12-13H2,1,3H3,(H2,28,32). The number of benzene rings is 2. The molecule has 1 amide bonds. The number of hydrogen-bond donors (Lipinski definition) is 1. The zero-order valence-electron chi connectivity index (χ0n) is 18.3. The average molecular weight is 448 g/mol. The van der Waals surface area contributed by atoms with Crippen molar-refractivity contribution in [3.8, 4) is 5.69 Å². The maximum atomic E-state index is 13.5. The highest BCUT2D eigenvalue weighted by Crippen LogP contribution is 2.32. The zero-order chi connectivity index (χ0) is 23.0. The minimum atomic E-state index is -0.587. The van der Waals surface area contributed by atoms with Crippen molar-refractivity contribution < 1.29 is 9.59 Å². The Morgan fingerprint density at radius 1 is 0.969 bits per heavy atom. The molecule has 2 N–H and O–H groups in total. The maximum Gasteiger partial charge on any atom is 0.248 e. The van der Waals surface area contributed by atoms with E-state index in [4.69, 9.17) is 17.3 Å².